The Hall–Kier alpha value is -1.25. The lowest BCUT2D eigenvalue weighted by molar-refractivity contribution is -0.0970. The van der Waals surface area contributed by atoms with Crippen LogP contribution in [0.25, 0.3) is 0 Å². The van der Waals surface area contributed by atoms with Gasteiger partial charge in [0.05, 0.1) is 10.6 Å². The van der Waals surface area contributed by atoms with E-state index < -0.39 is 33.1 Å². The Labute approximate surface area is 92.9 Å². The zero-order chi connectivity index (χ0) is 12.9. The van der Waals surface area contributed by atoms with E-state index >= 15 is 0 Å². The van der Waals surface area contributed by atoms with E-state index in [0.29, 0.717) is 0 Å². The fourth-order valence-electron chi connectivity index (χ4n) is 1.18. The Morgan fingerprint density at radius 1 is 0.765 bits per heavy atom. The predicted molar refractivity (Wildman–Crippen MR) is 47.4 cm³/mol. The Balaban J connectivity index is 2.50. The number of rotatable bonds is 0. The molecule has 0 radical (unpaired) electrons. The average Bonchev–Trinajstić information content (AvgIpc) is 2.55. The predicted octanol–water partition coefficient (Wildman–Crippen LogP) is 4.13. The van der Waals surface area contributed by atoms with Crippen molar-refractivity contribution in [2.75, 3.05) is 0 Å². The largest absolute Gasteiger partial charge is 0.522 e. The second-order valence-electron chi connectivity index (χ2n) is 3.01. The number of halogens is 6. The van der Waals surface area contributed by atoms with Gasteiger partial charge in [-0.05, 0) is 12.1 Å². The fraction of sp³-hybridized carbons (Fsp3) is 0.250. The average molecular weight is 278 g/mol. The summed E-state index contributed by atoms with van der Waals surface area (Å²) in [7, 11) is -5.65. The van der Waals surface area contributed by atoms with Gasteiger partial charge in [-0.2, -0.15) is 0 Å². The first-order valence-corrected chi connectivity index (χ1v) is 5.59. The molecular weight excluding hydrogens is 274 g/mol. The van der Waals surface area contributed by atoms with Crippen molar-refractivity contribution in [1.82, 2.24) is 0 Å². The van der Waals surface area contributed by atoms with E-state index in [4.69, 9.17) is 0 Å². The van der Waals surface area contributed by atoms with Gasteiger partial charge in [-0.15, -0.1) is 26.3 Å². The molecule has 1 aromatic carbocycles. The molecule has 0 N–H and O–H groups in total. The van der Waals surface area contributed by atoms with E-state index in [0.717, 1.165) is 12.1 Å². The van der Waals surface area contributed by atoms with Crippen molar-refractivity contribution in [3.05, 3.63) is 24.3 Å². The van der Waals surface area contributed by atoms with Gasteiger partial charge >= 0.3 is 11.0 Å². The second kappa shape index (κ2) is 3.37. The Morgan fingerprint density at radius 2 is 1.12 bits per heavy atom. The van der Waals surface area contributed by atoms with E-state index in [-0.39, 0.29) is 0 Å². The van der Waals surface area contributed by atoms with Crippen molar-refractivity contribution in [1.29, 1.82) is 0 Å². The topological polar surface area (TPSA) is 18.5 Å². The van der Waals surface area contributed by atoms with Gasteiger partial charge in [0.1, 0.15) is 0 Å². The molecule has 0 bridgehead atoms. The Kier molecular flexibility index (Phi) is 2.42. The Bertz CT molecular complexity index is 399. The number of fused-ring (bicyclic) bond motifs is 1. The fourth-order valence-corrected chi connectivity index (χ4v) is 2.63. The smallest absolute Gasteiger partial charge is 0.364 e. The number of hydrogen-bond acceptors (Lipinski definition) is 2. The molecule has 96 valence electrons. The van der Waals surface area contributed by atoms with E-state index in [9.17, 15) is 26.3 Å². The molecule has 2 rings (SSSR count). The quantitative estimate of drug-likeness (QED) is 0.664. The summed E-state index contributed by atoms with van der Waals surface area (Å²) in [4.78, 5) is 0. The van der Waals surface area contributed by atoms with Crippen LogP contribution in [0.15, 0.2) is 24.3 Å². The number of benzene rings is 1. The monoisotopic (exact) mass is 278 g/mol. The normalized spacial score (nSPS) is 20.1. The van der Waals surface area contributed by atoms with Gasteiger partial charge in [0.15, 0.2) is 11.5 Å². The summed E-state index contributed by atoms with van der Waals surface area (Å²) in [6, 6.07) is 4.48. The number of para-hydroxylation sites is 2. The number of hydrogen-bond donors (Lipinski definition) is 0. The van der Waals surface area contributed by atoms with Crippen molar-refractivity contribution >= 4 is 10.6 Å². The summed E-state index contributed by atoms with van der Waals surface area (Å²) in [6.45, 7) is 0. The SMILES string of the molecule is FC(F)(F)S1(C(F)(F)F)Oc2ccccc2O1. The van der Waals surface area contributed by atoms with E-state index in [2.05, 4.69) is 8.37 Å². The second-order valence-corrected chi connectivity index (χ2v) is 5.27. The molecule has 2 nitrogen and oxygen atoms in total. The minimum absolute atomic E-state index is 0.558. The first-order chi connectivity index (χ1) is 7.67. The third-order valence-electron chi connectivity index (χ3n) is 1.87. The minimum Gasteiger partial charge on any atom is -0.364 e. The maximum absolute atomic E-state index is 12.5. The molecule has 1 aliphatic rings. The van der Waals surface area contributed by atoms with Crippen molar-refractivity contribution in [3.8, 4) is 11.5 Å². The molecule has 0 atom stereocenters. The standard InChI is InChI=1S/C8H4F6O2S/c9-7(10,11)17(8(12,13)14)15-5-3-1-2-4-6(5)16-17/h1-4H. The molecule has 1 aliphatic heterocycles. The van der Waals surface area contributed by atoms with Crippen molar-refractivity contribution in [2.24, 2.45) is 0 Å². The molecule has 0 spiro atoms. The molecular formula is C8H4F6O2S. The molecule has 0 fully saturated rings. The van der Waals surface area contributed by atoms with Crippen LogP contribution in [0.4, 0.5) is 26.3 Å². The highest BCUT2D eigenvalue weighted by molar-refractivity contribution is 8.28. The molecule has 0 aromatic heterocycles. The summed E-state index contributed by atoms with van der Waals surface area (Å²) >= 11 is 0. The summed E-state index contributed by atoms with van der Waals surface area (Å²) in [5.41, 5.74) is -11.3. The van der Waals surface area contributed by atoms with Crippen molar-refractivity contribution in [3.63, 3.8) is 0 Å². The van der Waals surface area contributed by atoms with E-state index in [1.54, 1.807) is 0 Å². The van der Waals surface area contributed by atoms with E-state index in [1.807, 2.05) is 0 Å². The van der Waals surface area contributed by atoms with Crippen LogP contribution in [-0.2, 0) is 0 Å². The first kappa shape index (κ1) is 12.2. The molecule has 0 aliphatic carbocycles. The number of alkyl halides is 6. The highest BCUT2D eigenvalue weighted by Crippen LogP contribution is 2.75. The summed E-state index contributed by atoms with van der Waals surface area (Å²) in [5, 5.41) is 0. The molecule has 1 heterocycles. The maximum Gasteiger partial charge on any atom is 0.522 e. The van der Waals surface area contributed by atoms with Crippen LogP contribution in [0.2, 0.25) is 0 Å². The third kappa shape index (κ3) is 1.68. The zero-order valence-corrected chi connectivity index (χ0v) is 8.62. The van der Waals surface area contributed by atoms with E-state index in [1.165, 1.54) is 12.1 Å². The van der Waals surface area contributed by atoms with Gasteiger partial charge in [0.2, 0.25) is 0 Å². The molecule has 0 saturated carbocycles. The van der Waals surface area contributed by atoms with Gasteiger partial charge in [0.25, 0.3) is 0 Å². The van der Waals surface area contributed by atoms with Crippen molar-refractivity contribution in [2.45, 2.75) is 11.0 Å². The van der Waals surface area contributed by atoms with Gasteiger partial charge < -0.3 is 8.37 Å². The summed E-state index contributed by atoms with van der Waals surface area (Å²) < 4.78 is 83.3. The third-order valence-corrected chi connectivity index (χ3v) is 3.92. The molecule has 0 amide bonds. The molecule has 0 unspecified atom stereocenters. The van der Waals surface area contributed by atoms with Crippen LogP contribution >= 0.6 is 10.6 Å². The van der Waals surface area contributed by atoms with Crippen LogP contribution in [0.3, 0.4) is 0 Å². The Morgan fingerprint density at radius 3 is 1.41 bits per heavy atom. The minimum atomic E-state index is -5.65. The first-order valence-electron chi connectivity index (χ1n) is 4.11. The lowest BCUT2D eigenvalue weighted by Gasteiger charge is -2.38. The highest BCUT2D eigenvalue weighted by atomic mass is 32.3. The van der Waals surface area contributed by atoms with Crippen LogP contribution in [0, 0.1) is 0 Å². The van der Waals surface area contributed by atoms with Gasteiger partial charge in [-0.1, -0.05) is 12.1 Å². The summed E-state index contributed by atoms with van der Waals surface area (Å²) in [6.07, 6.45) is 0. The van der Waals surface area contributed by atoms with Crippen LogP contribution in [0.5, 0.6) is 11.5 Å². The van der Waals surface area contributed by atoms with Crippen molar-refractivity contribution < 1.29 is 34.7 Å². The molecule has 1 aromatic rings. The van der Waals surface area contributed by atoms with Gasteiger partial charge in [-0.3, -0.25) is 0 Å². The molecule has 0 saturated heterocycles. The molecule has 17 heavy (non-hydrogen) atoms. The maximum atomic E-state index is 12.5. The van der Waals surface area contributed by atoms with Crippen LogP contribution in [0.1, 0.15) is 0 Å². The lowest BCUT2D eigenvalue weighted by Crippen LogP contribution is -2.37. The zero-order valence-electron chi connectivity index (χ0n) is 7.80. The van der Waals surface area contributed by atoms with Gasteiger partial charge in [0, 0.05) is 0 Å². The summed E-state index contributed by atoms with van der Waals surface area (Å²) in [5.74, 6) is -1.12. The highest BCUT2D eigenvalue weighted by Gasteiger charge is 2.71. The van der Waals surface area contributed by atoms with Crippen LogP contribution in [-0.4, -0.2) is 11.0 Å². The lowest BCUT2D eigenvalue weighted by atomic mass is 10.3. The molecule has 9 heteroatoms. The van der Waals surface area contributed by atoms with Gasteiger partial charge in [-0.25, -0.2) is 0 Å². The van der Waals surface area contributed by atoms with Crippen LogP contribution < -0.4 is 8.37 Å².